The molecule has 26 heavy (non-hydrogen) atoms. The smallest absolute Gasteiger partial charge is 0.149 e. The summed E-state index contributed by atoms with van der Waals surface area (Å²) < 4.78 is 0. The van der Waals surface area contributed by atoms with Gasteiger partial charge in [-0.15, -0.1) is 0 Å². The van der Waals surface area contributed by atoms with Gasteiger partial charge in [0.1, 0.15) is 5.78 Å². The minimum Gasteiger partial charge on any atom is -0.368 e. The number of allylic oxidation sites excluding steroid dienone is 1. The van der Waals surface area contributed by atoms with Gasteiger partial charge in [0.05, 0.1) is 17.1 Å². The maximum Gasteiger partial charge on any atom is 0.149 e. The number of para-hydroxylation sites is 1. The highest BCUT2D eigenvalue weighted by molar-refractivity contribution is 5.91. The number of hydrogen-bond acceptors (Lipinski definition) is 3. The monoisotopic (exact) mass is 346 g/mol. The predicted molar refractivity (Wildman–Crippen MR) is 107 cm³/mol. The molecule has 3 atom stereocenters. The molecule has 1 fully saturated rings. The van der Waals surface area contributed by atoms with Crippen LogP contribution in [0.2, 0.25) is 0 Å². The van der Waals surface area contributed by atoms with Crippen LogP contribution >= 0.6 is 0 Å². The number of carbonyl (C=O) groups is 1. The van der Waals surface area contributed by atoms with E-state index in [2.05, 4.69) is 79.1 Å². The van der Waals surface area contributed by atoms with E-state index in [1.807, 2.05) is 6.92 Å². The van der Waals surface area contributed by atoms with Crippen LogP contribution in [0, 0.1) is 6.92 Å². The number of anilines is 1. The van der Waals surface area contributed by atoms with Gasteiger partial charge in [-0.1, -0.05) is 48.5 Å². The van der Waals surface area contributed by atoms with E-state index in [4.69, 9.17) is 0 Å². The number of nitrogens with one attached hydrogen (secondary N) is 2. The van der Waals surface area contributed by atoms with Crippen LogP contribution in [-0.4, -0.2) is 17.5 Å². The lowest BCUT2D eigenvalue weighted by atomic mass is 9.67. The van der Waals surface area contributed by atoms with Crippen molar-refractivity contribution in [2.45, 2.75) is 51.2 Å². The van der Waals surface area contributed by atoms with Crippen molar-refractivity contribution in [3.8, 4) is 0 Å². The van der Waals surface area contributed by atoms with Gasteiger partial charge in [-0.3, -0.25) is 10.1 Å². The Morgan fingerprint density at radius 2 is 1.85 bits per heavy atom. The first-order valence-corrected chi connectivity index (χ1v) is 9.30. The second-order valence-electron chi connectivity index (χ2n) is 7.82. The van der Waals surface area contributed by atoms with Crippen molar-refractivity contribution in [2.24, 2.45) is 0 Å². The van der Waals surface area contributed by atoms with E-state index in [0.717, 1.165) is 12.1 Å². The SMILES string of the molecule is CC=C(c1ccccc1C)C12CC(C)(C(C)=O)NC1Nc1ccccc12. The second kappa shape index (κ2) is 5.82. The molecule has 2 heterocycles. The molecule has 0 amide bonds. The highest BCUT2D eigenvalue weighted by Gasteiger charge is 2.60. The van der Waals surface area contributed by atoms with Crippen LogP contribution in [0.5, 0.6) is 0 Å². The highest BCUT2D eigenvalue weighted by atomic mass is 16.1. The third kappa shape index (κ3) is 2.20. The number of hydrogen-bond donors (Lipinski definition) is 2. The average Bonchev–Trinajstić information content (AvgIpc) is 3.07. The fraction of sp³-hybridized carbons (Fsp3) is 0.348. The van der Waals surface area contributed by atoms with E-state index >= 15 is 0 Å². The van der Waals surface area contributed by atoms with E-state index in [-0.39, 0.29) is 17.4 Å². The number of rotatable bonds is 3. The van der Waals surface area contributed by atoms with Gasteiger partial charge in [-0.05, 0) is 62.4 Å². The van der Waals surface area contributed by atoms with E-state index in [1.165, 1.54) is 22.3 Å². The fourth-order valence-corrected chi connectivity index (χ4v) is 4.87. The molecular weight excluding hydrogens is 320 g/mol. The molecule has 2 aliphatic rings. The lowest BCUT2D eigenvalue weighted by Gasteiger charge is -2.34. The van der Waals surface area contributed by atoms with Gasteiger partial charge >= 0.3 is 0 Å². The topological polar surface area (TPSA) is 41.1 Å². The molecule has 0 spiro atoms. The second-order valence-corrected chi connectivity index (χ2v) is 7.82. The number of carbonyl (C=O) groups excluding carboxylic acids is 1. The van der Waals surface area contributed by atoms with Gasteiger partial charge in [0.2, 0.25) is 0 Å². The van der Waals surface area contributed by atoms with E-state index in [0.29, 0.717) is 0 Å². The van der Waals surface area contributed by atoms with Crippen LogP contribution in [0.1, 0.15) is 43.9 Å². The molecule has 134 valence electrons. The predicted octanol–water partition coefficient (Wildman–Crippen LogP) is 4.43. The molecule has 0 radical (unpaired) electrons. The van der Waals surface area contributed by atoms with Crippen molar-refractivity contribution in [3.63, 3.8) is 0 Å². The Kier molecular flexibility index (Phi) is 3.81. The standard InChI is InChI=1S/C23H26N2O/c1-5-18(17-11-7-6-10-15(17)2)23-14-22(4,16(3)26)25-21(23)24-20-13-9-8-12-19(20)23/h5-13,21,24-25H,14H2,1-4H3. The van der Waals surface area contributed by atoms with Gasteiger partial charge < -0.3 is 5.32 Å². The Morgan fingerprint density at radius 1 is 1.15 bits per heavy atom. The van der Waals surface area contributed by atoms with Gasteiger partial charge in [0.15, 0.2) is 0 Å². The number of ketones is 1. The number of fused-ring (bicyclic) bond motifs is 3. The third-order valence-electron chi connectivity index (χ3n) is 6.28. The van der Waals surface area contributed by atoms with E-state index in [1.54, 1.807) is 6.92 Å². The maximum absolute atomic E-state index is 12.5. The zero-order chi connectivity index (χ0) is 18.5. The molecule has 3 unspecified atom stereocenters. The van der Waals surface area contributed by atoms with Crippen LogP contribution in [0.4, 0.5) is 5.69 Å². The molecule has 0 saturated carbocycles. The zero-order valence-electron chi connectivity index (χ0n) is 15.9. The van der Waals surface area contributed by atoms with Crippen molar-refractivity contribution >= 4 is 17.0 Å². The molecular formula is C23H26N2O. The van der Waals surface area contributed by atoms with E-state index < -0.39 is 5.54 Å². The first kappa shape index (κ1) is 17.0. The van der Waals surface area contributed by atoms with Crippen molar-refractivity contribution in [1.29, 1.82) is 0 Å². The maximum atomic E-state index is 12.5. The summed E-state index contributed by atoms with van der Waals surface area (Å²) in [5.74, 6) is 0.186. The van der Waals surface area contributed by atoms with Crippen molar-refractivity contribution in [2.75, 3.05) is 5.32 Å². The Hall–Kier alpha value is -2.39. The average molecular weight is 346 g/mol. The molecule has 0 aliphatic carbocycles. The Balaban J connectivity index is 1.97. The molecule has 2 aliphatic heterocycles. The van der Waals surface area contributed by atoms with Crippen LogP contribution < -0.4 is 10.6 Å². The van der Waals surface area contributed by atoms with Gasteiger partial charge in [0.25, 0.3) is 0 Å². The number of benzene rings is 2. The molecule has 2 aromatic rings. The third-order valence-corrected chi connectivity index (χ3v) is 6.28. The molecule has 0 bridgehead atoms. The first-order valence-electron chi connectivity index (χ1n) is 9.30. The van der Waals surface area contributed by atoms with Gasteiger partial charge in [-0.25, -0.2) is 0 Å². The van der Waals surface area contributed by atoms with Crippen LogP contribution in [0.15, 0.2) is 54.6 Å². The summed E-state index contributed by atoms with van der Waals surface area (Å²) in [5, 5.41) is 7.27. The molecule has 3 heteroatoms. The van der Waals surface area contributed by atoms with Gasteiger partial charge in [0, 0.05) is 5.69 Å². The summed E-state index contributed by atoms with van der Waals surface area (Å²) in [6.07, 6.45) is 2.98. The molecule has 4 rings (SSSR count). The Labute approximate surface area is 155 Å². The Morgan fingerprint density at radius 3 is 2.54 bits per heavy atom. The summed E-state index contributed by atoms with van der Waals surface area (Å²) in [5.41, 5.74) is 5.43. The summed E-state index contributed by atoms with van der Waals surface area (Å²) in [7, 11) is 0. The van der Waals surface area contributed by atoms with Crippen molar-refractivity contribution in [1.82, 2.24) is 5.32 Å². The quantitative estimate of drug-likeness (QED) is 0.864. The van der Waals surface area contributed by atoms with Crippen molar-refractivity contribution < 1.29 is 4.79 Å². The minimum atomic E-state index is -0.540. The summed E-state index contributed by atoms with van der Waals surface area (Å²) in [6, 6.07) is 17.0. The minimum absolute atomic E-state index is 0.000365. The molecule has 0 aromatic heterocycles. The molecule has 3 nitrogen and oxygen atoms in total. The molecule has 2 N–H and O–H groups in total. The summed E-state index contributed by atoms with van der Waals surface area (Å²) in [6.45, 7) is 7.99. The normalized spacial score (nSPS) is 29.8. The molecule has 1 saturated heterocycles. The number of Topliss-reactive ketones (excluding diaryl/α,β-unsaturated/α-hetero) is 1. The lowest BCUT2D eigenvalue weighted by Crippen LogP contribution is -2.48. The Bertz CT molecular complexity index is 916. The fourth-order valence-electron chi connectivity index (χ4n) is 4.87. The van der Waals surface area contributed by atoms with Crippen LogP contribution in [0.25, 0.3) is 5.57 Å². The van der Waals surface area contributed by atoms with Crippen molar-refractivity contribution in [3.05, 3.63) is 71.3 Å². The zero-order valence-corrected chi connectivity index (χ0v) is 15.9. The van der Waals surface area contributed by atoms with Gasteiger partial charge in [-0.2, -0.15) is 0 Å². The summed E-state index contributed by atoms with van der Waals surface area (Å²) in [4.78, 5) is 12.5. The van der Waals surface area contributed by atoms with E-state index in [9.17, 15) is 4.79 Å². The highest BCUT2D eigenvalue weighted by Crippen LogP contribution is 2.56. The largest absolute Gasteiger partial charge is 0.368 e. The number of aryl methyl sites for hydroxylation is 1. The first-order chi connectivity index (χ1) is 12.4. The molecule has 2 aromatic carbocycles. The summed E-state index contributed by atoms with van der Waals surface area (Å²) >= 11 is 0. The van der Waals surface area contributed by atoms with Crippen LogP contribution in [-0.2, 0) is 10.2 Å². The lowest BCUT2D eigenvalue weighted by molar-refractivity contribution is -0.122. The van der Waals surface area contributed by atoms with Crippen LogP contribution in [0.3, 0.4) is 0 Å².